The van der Waals surface area contributed by atoms with Crippen LogP contribution in [0.25, 0.3) is 0 Å². The van der Waals surface area contributed by atoms with Gasteiger partial charge in [0.1, 0.15) is 10.6 Å². The van der Waals surface area contributed by atoms with Gasteiger partial charge in [-0.05, 0) is 30.4 Å². The van der Waals surface area contributed by atoms with Gasteiger partial charge in [-0.1, -0.05) is 6.07 Å². The van der Waals surface area contributed by atoms with Gasteiger partial charge in [0.25, 0.3) is 9.05 Å². The topological polar surface area (TPSA) is 72.5 Å². The van der Waals surface area contributed by atoms with Gasteiger partial charge in [0, 0.05) is 29.4 Å². The molecule has 1 amide bonds. The highest BCUT2D eigenvalue weighted by Gasteiger charge is 2.19. The fourth-order valence-electron chi connectivity index (χ4n) is 1.96. The number of amides is 1. The van der Waals surface area contributed by atoms with Crippen LogP contribution in [0.15, 0.2) is 23.1 Å². The number of rotatable bonds is 7. The molecule has 1 atom stereocenters. The van der Waals surface area contributed by atoms with Crippen LogP contribution >= 0.6 is 22.4 Å². The lowest BCUT2D eigenvalue weighted by Gasteiger charge is -2.17. The van der Waals surface area contributed by atoms with Crippen LogP contribution in [0.5, 0.6) is 5.75 Å². The minimum absolute atomic E-state index is 0.0603. The number of thioether (sulfide) groups is 1. The van der Waals surface area contributed by atoms with Crippen molar-refractivity contribution in [3.63, 3.8) is 0 Å². The van der Waals surface area contributed by atoms with Gasteiger partial charge in [-0.3, -0.25) is 4.79 Å². The molecule has 1 aromatic rings. The maximum absolute atomic E-state index is 11.6. The lowest BCUT2D eigenvalue weighted by atomic mass is 10.1. The molecule has 1 aromatic carbocycles. The maximum Gasteiger partial charge on any atom is 0.264 e. The predicted molar refractivity (Wildman–Crippen MR) is 85.7 cm³/mol. The number of carbonyl (C=O) groups excluding carboxylic acids is 1. The number of nitrogens with one attached hydrogen (secondary N) is 1. The van der Waals surface area contributed by atoms with E-state index in [0.717, 1.165) is 11.3 Å². The molecule has 0 aromatic heterocycles. The van der Waals surface area contributed by atoms with Gasteiger partial charge in [0.15, 0.2) is 0 Å². The second-order valence-electron chi connectivity index (χ2n) is 4.48. The molecule has 118 valence electrons. The summed E-state index contributed by atoms with van der Waals surface area (Å²) in [6.07, 6.45) is 2.46. The van der Waals surface area contributed by atoms with Crippen LogP contribution in [0.3, 0.4) is 0 Å². The predicted octanol–water partition coefficient (Wildman–Crippen LogP) is 2.03. The molecule has 0 radical (unpaired) electrons. The van der Waals surface area contributed by atoms with Crippen molar-refractivity contribution in [1.82, 2.24) is 5.32 Å². The van der Waals surface area contributed by atoms with Crippen molar-refractivity contribution < 1.29 is 17.9 Å². The molecular weight excluding hydrogens is 334 g/mol. The number of carbonyl (C=O) groups is 1. The van der Waals surface area contributed by atoms with Gasteiger partial charge in [0.05, 0.1) is 7.11 Å². The van der Waals surface area contributed by atoms with Gasteiger partial charge in [-0.25, -0.2) is 8.42 Å². The largest absolute Gasteiger partial charge is 0.495 e. The SMILES string of the molecule is COc1ccc(C[C@@H](CSC)NC(C)=O)cc1S(=O)(=O)Cl. The molecule has 5 nitrogen and oxygen atoms in total. The van der Waals surface area contributed by atoms with E-state index in [1.165, 1.54) is 20.1 Å². The Bertz CT molecular complexity index is 604. The van der Waals surface area contributed by atoms with Crippen molar-refractivity contribution in [3.05, 3.63) is 23.8 Å². The summed E-state index contributed by atoms with van der Waals surface area (Å²) >= 11 is 1.60. The van der Waals surface area contributed by atoms with Gasteiger partial charge in [-0.2, -0.15) is 11.8 Å². The average Bonchev–Trinajstić information content (AvgIpc) is 2.37. The van der Waals surface area contributed by atoms with E-state index >= 15 is 0 Å². The number of benzene rings is 1. The Labute approximate surface area is 133 Å². The van der Waals surface area contributed by atoms with E-state index in [-0.39, 0.29) is 22.6 Å². The molecule has 8 heteroatoms. The smallest absolute Gasteiger partial charge is 0.264 e. The molecule has 1 rings (SSSR count). The second kappa shape index (κ2) is 7.91. The lowest BCUT2D eigenvalue weighted by Crippen LogP contribution is -2.36. The van der Waals surface area contributed by atoms with Crippen molar-refractivity contribution in [1.29, 1.82) is 0 Å². The Balaban J connectivity index is 3.05. The Morgan fingerprint density at radius 1 is 1.48 bits per heavy atom. The molecule has 0 unspecified atom stereocenters. The van der Waals surface area contributed by atoms with E-state index in [1.807, 2.05) is 6.26 Å². The van der Waals surface area contributed by atoms with E-state index in [0.29, 0.717) is 6.42 Å². The standard InChI is InChI=1S/C13H18ClNO4S2/c1-9(16)15-11(8-20-3)6-10-4-5-12(19-2)13(7-10)21(14,17)18/h4-5,7,11H,6,8H2,1-3H3,(H,15,16)/t11-/m0/s1. The molecule has 0 heterocycles. The molecular formula is C13H18ClNO4S2. The van der Waals surface area contributed by atoms with Gasteiger partial charge in [-0.15, -0.1) is 0 Å². The van der Waals surface area contributed by atoms with Crippen molar-refractivity contribution in [2.24, 2.45) is 0 Å². The first kappa shape index (κ1) is 18.1. The Kier molecular flexibility index (Phi) is 6.83. The van der Waals surface area contributed by atoms with Crippen LogP contribution < -0.4 is 10.1 Å². The third-order valence-electron chi connectivity index (χ3n) is 2.75. The molecule has 0 spiro atoms. The fourth-order valence-corrected chi connectivity index (χ4v) is 3.61. The number of methoxy groups -OCH3 is 1. The molecule has 1 N–H and O–H groups in total. The van der Waals surface area contributed by atoms with Crippen LogP contribution in [0.4, 0.5) is 0 Å². The average molecular weight is 352 g/mol. The first-order valence-corrected chi connectivity index (χ1v) is 9.86. The molecule has 0 saturated carbocycles. The fraction of sp³-hybridized carbons (Fsp3) is 0.462. The first-order valence-electron chi connectivity index (χ1n) is 6.15. The zero-order valence-corrected chi connectivity index (χ0v) is 14.4. The number of hydrogen-bond acceptors (Lipinski definition) is 5. The number of halogens is 1. The van der Waals surface area contributed by atoms with Gasteiger partial charge >= 0.3 is 0 Å². The van der Waals surface area contributed by atoms with E-state index in [1.54, 1.807) is 23.9 Å². The van der Waals surface area contributed by atoms with Gasteiger partial charge in [0.2, 0.25) is 5.91 Å². The van der Waals surface area contributed by atoms with Crippen LogP contribution in [0.1, 0.15) is 12.5 Å². The normalized spacial score (nSPS) is 12.8. The highest BCUT2D eigenvalue weighted by molar-refractivity contribution is 8.13. The van der Waals surface area contributed by atoms with Gasteiger partial charge < -0.3 is 10.1 Å². The maximum atomic E-state index is 11.6. The van der Waals surface area contributed by atoms with Crippen LogP contribution in [-0.4, -0.2) is 39.5 Å². The van der Waals surface area contributed by atoms with Crippen LogP contribution in [0, 0.1) is 0 Å². The van der Waals surface area contributed by atoms with E-state index < -0.39 is 9.05 Å². The first-order chi connectivity index (χ1) is 9.77. The molecule has 0 bridgehead atoms. The van der Waals surface area contributed by atoms with Crippen LogP contribution in [0.2, 0.25) is 0 Å². The lowest BCUT2D eigenvalue weighted by molar-refractivity contribution is -0.119. The number of hydrogen-bond donors (Lipinski definition) is 1. The molecule has 0 saturated heterocycles. The highest BCUT2D eigenvalue weighted by atomic mass is 35.7. The van der Waals surface area contributed by atoms with E-state index in [4.69, 9.17) is 15.4 Å². The summed E-state index contributed by atoms with van der Waals surface area (Å²) in [6.45, 7) is 1.45. The third-order valence-corrected chi connectivity index (χ3v) is 4.83. The molecule has 21 heavy (non-hydrogen) atoms. The Morgan fingerprint density at radius 3 is 2.62 bits per heavy atom. The molecule has 0 aliphatic heterocycles. The minimum atomic E-state index is -3.88. The van der Waals surface area contributed by atoms with Crippen molar-refractivity contribution in [3.8, 4) is 5.75 Å². The minimum Gasteiger partial charge on any atom is -0.495 e. The summed E-state index contributed by atoms with van der Waals surface area (Å²) in [5.41, 5.74) is 0.767. The van der Waals surface area contributed by atoms with E-state index in [9.17, 15) is 13.2 Å². The zero-order chi connectivity index (χ0) is 16.0. The zero-order valence-electron chi connectivity index (χ0n) is 12.1. The monoisotopic (exact) mass is 351 g/mol. The summed E-state index contributed by atoms with van der Waals surface area (Å²) in [6, 6.07) is 4.74. The van der Waals surface area contributed by atoms with E-state index in [2.05, 4.69) is 5.32 Å². The van der Waals surface area contributed by atoms with Crippen molar-refractivity contribution >= 4 is 37.4 Å². The summed E-state index contributed by atoms with van der Waals surface area (Å²) in [7, 11) is 2.91. The molecule has 0 aliphatic carbocycles. The quantitative estimate of drug-likeness (QED) is 0.761. The van der Waals surface area contributed by atoms with Crippen molar-refractivity contribution in [2.45, 2.75) is 24.3 Å². The van der Waals surface area contributed by atoms with Crippen LogP contribution in [-0.2, 0) is 20.3 Å². The second-order valence-corrected chi connectivity index (χ2v) is 7.93. The highest BCUT2D eigenvalue weighted by Crippen LogP contribution is 2.28. The summed E-state index contributed by atoms with van der Waals surface area (Å²) in [4.78, 5) is 11.1. The Morgan fingerprint density at radius 2 is 2.14 bits per heavy atom. The third kappa shape index (κ3) is 5.76. The summed E-state index contributed by atoms with van der Waals surface area (Å²) in [5, 5.41) is 2.84. The number of ether oxygens (including phenoxy) is 1. The molecule has 0 fully saturated rings. The summed E-state index contributed by atoms with van der Waals surface area (Å²) in [5.74, 6) is 0.816. The Hall–Kier alpha value is -0.920. The van der Waals surface area contributed by atoms with Crippen molar-refractivity contribution in [2.75, 3.05) is 19.1 Å². The summed E-state index contributed by atoms with van der Waals surface area (Å²) < 4.78 is 28.1. The molecule has 0 aliphatic rings.